The van der Waals surface area contributed by atoms with Crippen molar-refractivity contribution in [3.05, 3.63) is 105 Å². The van der Waals surface area contributed by atoms with Crippen LogP contribution in [-0.2, 0) is 29.0 Å². The number of benzene rings is 3. The molecule has 1 fully saturated rings. The Morgan fingerprint density at radius 3 is 2.22 bits per heavy atom. The Morgan fingerprint density at radius 2 is 1.56 bits per heavy atom. The maximum Gasteiger partial charge on any atom is 0.243 e. The van der Waals surface area contributed by atoms with Crippen LogP contribution >= 0.6 is 23.2 Å². The zero-order valence-corrected chi connectivity index (χ0v) is 21.4. The first-order valence-corrected chi connectivity index (χ1v) is 13.0. The molecule has 1 unspecified atom stereocenters. The number of halogens is 3. The molecule has 1 N–H and O–H groups in total. The summed E-state index contributed by atoms with van der Waals surface area (Å²) in [5.74, 6) is -0.759. The van der Waals surface area contributed by atoms with Crippen LogP contribution in [0.5, 0.6) is 0 Å². The minimum Gasteiger partial charge on any atom is -0.352 e. The highest BCUT2D eigenvalue weighted by Gasteiger charge is 2.32. The summed E-state index contributed by atoms with van der Waals surface area (Å²) in [6, 6.07) is 20.1. The molecule has 1 saturated carbocycles. The summed E-state index contributed by atoms with van der Waals surface area (Å²) in [7, 11) is 0. The molecule has 36 heavy (non-hydrogen) atoms. The Hall–Kier alpha value is -2.89. The molecule has 0 saturated heterocycles. The summed E-state index contributed by atoms with van der Waals surface area (Å²) in [5.41, 5.74) is 2.40. The molecule has 0 bridgehead atoms. The number of hydrogen-bond acceptors (Lipinski definition) is 2. The second kappa shape index (κ2) is 12.4. The lowest BCUT2D eigenvalue weighted by atomic mass is 10.0. The van der Waals surface area contributed by atoms with E-state index >= 15 is 0 Å². The summed E-state index contributed by atoms with van der Waals surface area (Å²) < 4.78 is 13.4. The smallest absolute Gasteiger partial charge is 0.243 e. The van der Waals surface area contributed by atoms with Crippen molar-refractivity contribution in [2.24, 2.45) is 0 Å². The van der Waals surface area contributed by atoms with E-state index in [9.17, 15) is 14.0 Å². The zero-order valence-electron chi connectivity index (χ0n) is 19.9. The fraction of sp³-hybridized carbons (Fsp3) is 0.310. The van der Waals surface area contributed by atoms with E-state index < -0.39 is 6.04 Å². The van der Waals surface area contributed by atoms with Gasteiger partial charge in [0.25, 0.3) is 0 Å². The fourth-order valence-corrected chi connectivity index (χ4v) is 4.96. The van der Waals surface area contributed by atoms with Crippen molar-refractivity contribution in [3.8, 4) is 0 Å². The largest absolute Gasteiger partial charge is 0.352 e. The normalized spacial score (nSPS) is 14.4. The average molecular weight is 527 g/mol. The standard InChI is InChI=1S/C29H29Cl2FN2O2/c30-25-15-12-22(16-26(25)31)19-34(28(35)18-21-10-13-23(32)14-11-21)27(17-20-6-2-1-3-7-20)29(36)33-24-8-4-5-9-24/h1-3,6-7,10-16,24,27H,4-5,8-9,17-19H2,(H,33,36). The number of carbonyl (C=O) groups excluding carboxylic acids is 2. The fourth-order valence-electron chi connectivity index (χ4n) is 4.63. The summed E-state index contributed by atoms with van der Waals surface area (Å²) in [6.45, 7) is 0.187. The molecular weight excluding hydrogens is 498 g/mol. The number of carbonyl (C=O) groups is 2. The minimum absolute atomic E-state index is 0.0452. The van der Waals surface area contributed by atoms with Gasteiger partial charge in [-0.1, -0.05) is 84.6 Å². The van der Waals surface area contributed by atoms with Gasteiger partial charge < -0.3 is 10.2 Å². The number of amides is 2. The lowest BCUT2D eigenvalue weighted by Crippen LogP contribution is -2.52. The molecule has 0 heterocycles. The van der Waals surface area contributed by atoms with E-state index in [1.807, 2.05) is 30.3 Å². The Morgan fingerprint density at radius 1 is 0.889 bits per heavy atom. The van der Waals surface area contributed by atoms with Crippen molar-refractivity contribution in [1.29, 1.82) is 0 Å². The van der Waals surface area contributed by atoms with Gasteiger partial charge in [-0.3, -0.25) is 9.59 Å². The second-order valence-corrected chi connectivity index (χ2v) is 10.1. The third-order valence-corrected chi connectivity index (χ3v) is 7.32. The topological polar surface area (TPSA) is 49.4 Å². The number of rotatable bonds is 9. The quantitative estimate of drug-likeness (QED) is 0.352. The first-order valence-electron chi connectivity index (χ1n) is 12.2. The van der Waals surface area contributed by atoms with Gasteiger partial charge in [0, 0.05) is 19.0 Å². The van der Waals surface area contributed by atoms with E-state index in [2.05, 4.69) is 5.32 Å². The van der Waals surface area contributed by atoms with E-state index in [0.29, 0.717) is 22.0 Å². The van der Waals surface area contributed by atoms with Crippen LogP contribution in [-0.4, -0.2) is 28.8 Å². The van der Waals surface area contributed by atoms with Crippen LogP contribution < -0.4 is 5.32 Å². The van der Waals surface area contributed by atoms with Crippen LogP contribution in [0.2, 0.25) is 10.0 Å². The van der Waals surface area contributed by atoms with Crippen molar-refractivity contribution in [1.82, 2.24) is 10.2 Å². The third kappa shape index (κ3) is 7.08. The van der Waals surface area contributed by atoms with E-state index in [0.717, 1.165) is 36.8 Å². The first kappa shape index (κ1) is 26.2. The predicted octanol–water partition coefficient (Wildman–Crippen LogP) is 6.37. The van der Waals surface area contributed by atoms with Crippen molar-refractivity contribution in [2.75, 3.05) is 0 Å². The van der Waals surface area contributed by atoms with E-state index in [-0.39, 0.29) is 36.6 Å². The molecule has 188 valence electrons. The summed E-state index contributed by atoms with van der Waals surface area (Å²) in [6.07, 6.45) is 4.48. The molecule has 1 atom stereocenters. The SMILES string of the molecule is O=C(NC1CCCC1)C(Cc1ccccc1)N(Cc1ccc(Cl)c(Cl)c1)C(=O)Cc1ccc(F)cc1. The molecule has 0 spiro atoms. The van der Waals surface area contributed by atoms with Crippen LogP contribution in [0.25, 0.3) is 0 Å². The van der Waals surface area contributed by atoms with Gasteiger partial charge in [0.15, 0.2) is 0 Å². The lowest BCUT2D eigenvalue weighted by molar-refractivity contribution is -0.141. The molecule has 1 aliphatic rings. The monoisotopic (exact) mass is 526 g/mol. The summed E-state index contributed by atoms with van der Waals surface area (Å²) >= 11 is 12.4. The van der Waals surface area contributed by atoms with E-state index in [1.54, 1.807) is 35.2 Å². The predicted molar refractivity (Wildman–Crippen MR) is 141 cm³/mol. The van der Waals surface area contributed by atoms with Crippen molar-refractivity contribution in [3.63, 3.8) is 0 Å². The molecule has 0 aromatic heterocycles. The van der Waals surface area contributed by atoms with Crippen LogP contribution in [0, 0.1) is 5.82 Å². The molecule has 0 radical (unpaired) electrons. The molecule has 1 aliphatic carbocycles. The molecule has 7 heteroatoms. The molecule has 3 aromatic rings. The Labute approximate surface area is 221 Å². The van der Waals surface area contributed by atoms with Gasteiger partial charge in [-0.05, 0) is 53.8 Å². The Bertz CT molecular complexity index is 1180. The van der Waals surface area contributed by atoms with E-state index in [4.69, 9.17) is 23.2 Å². The van der Waals surface area contributed by atoms with Gasteiger partial charge in [-0.25, -0.2) is 4.39 Å². The second-order valence-electron chi connectivity index (χ2n) is 9.27. The third-order valence-electron chi connectivity index (χ3n) is 6.58. The van der Waals surface area contributed by atoms with Crippen LogP contribution in [0.1, 0.15) is 42.4 Å². The van der Waals surface area contributed by atoms with Gasteiger partial charge >= 0.3 is 0 Å². The summed E-state index contributed by atoms with van der Waals surface area (Å²) in [4.78, 5) is 29.0. The van der Waals surface area contributed by atoms with Gasteiger partial charge in [-0.2, -0.15) is 0 Å². The molecule has 4 nitrogen and oxygen atoms in total. The van der Waals surface area contributed by atoms with Crippen LogP contribution in [0.15, 0.2) is 72.8 Å². The number of nitrogens with zero attached hydrogens (tertiary/aromatic N) is 1. The molecule has 2 amide bonds. The highest BCUT2D eigenvalue weighted by molar-refractivity contribution is 6.42. The van der Waals surface area contributed by atoms with E-state index in [1.165, 1.54) is 12.1 Å². The van der Waals surface area contributed by atoms with Crippen LogP contribution in [0.4, 0.5) is 4.39 Å². The molecule has 0 aliphatic heterocycles. The van der Waals surface area contributed by atoms with Gasteiger partial charge in [0.1, 0.15) is 11.9 Å². The van der Waals surface area contributed by atoms with Crippen molar-refractivity contribution < 1.29 is 14.0 Å². The average Bonchev–Trinajstić information content (AvgIpc) is 3.38. The lowest BCUT2D eigenvalue weighted by Gasteiger charge is -2.32. The van der Waals surface area contributed by atoms with Crippen molar-refractivity contribution in [2.45, 2.75) is 57.2 Å². The molecular formula is C29H29Cl2FN2O2. The highest BCUT2D eigenvalue weighted by Crippen LogP contribution is 2.25. The first-order chi connectivity index (χ1) is 17.4. The van der Waals surface area contributed by atoms with Gasteiger partial charge in [0.05, 0.1) is 16.5 Å². The van der Waals surface area contributed by atoms with Gasteiger partial charge in [-0.15, -0.1) is 0 Å². The maximum atomic E-state index is 13.7. The van der Waals surface area contributed by atoms with Crippen LogP contribution in [0.3, 0.4) is 0 Å². The maximum absolute atomic E-state index is 13.7. The Kier molecular flexibility index (Phi) is 9.00. The molecule has 4 rings (SSSR count). The van der Waals surface area contributed by atoms with Crippen molar-refractivity contribution >= 4 is 35.0 Å². The number of nitrogens with one attached hydrogen (secondary N) is 1. The highest BCUT2D eigenvalue weighted by atomic mass is 35.5. The Balaban J connectivity index is 1.66. The zero-order chi connectivity index (χ0) is 25.5. The summed E-state index contributed by atoms with van der Waals surface area (Å²) in [5, 5.41) is 3.99. The molecule has 3 aromatic carbocycles. The minimum atomic E-state index is -0.726. The van der Waals surface area contributed by atoms with Gasteiger partial charge in [0.2, 0.25) is 11.8 Å². The number of hydrogen-bond donors (Lipinski definition) is 1.